The number of aryl methyl sites for hydroxylation is 1. The fourth-order valence-corrected chi connectivity index (χ4v) is 5.20. The molecule has 3 heterocycles. The number of carbonyl (C=O) groups excluding carboxylic acids is 2. The number of imide groups is 1. The first-order valence-electron chi connectivity index (χ1n) is 9.42. The molecule has 0 aromatic carbocycles. The maximum absolute atomic E-state index is 12.8. The zero-order valence-electron chi connectivity index (χ0n) is 16.2. The van der Waals surface area contributed by atoms with E-state index in [1.807, 2.05) is 0 Å². The quantitative estimate of drug-likeness (QED) is 0.696. The van der Waals surface area contributed by atoms with E-state index in [2.05, 4.69) is 10.3 Å². The highest BCUT2D eigenvalue weighted by atomic mass is 32.2. The molecule has 2 aromatic heterocycles. The monoisotopic (exact) mass is 436 g/mol. The molecular formula is C19H24N4O4S2. The lowest BCUT2D eigenvalue weighted by Gasteiger charge is -2.19. The Kier molecular flexibility index (Phi) is 7.09. The average molecular weight is 437 g/mol. The third-order valence-corrected chi connectivity index (χ3v) is 7.52. The lowest BCUT2D eigenvalue weighted by molar-refractivity contribution is -0.117. The second-order valence-electron chi connectivity index (χ2n) is 6.82. The average Bonchev–Trinajstić information content (AvgIpc) is 2.95. The third kappa shape index (κ3) is 5.46. The van der Waals surface area contributed by atoms with Gasteiger partial charge in [-0.1, -0.05) is 24.6 Å². The standard InChI is InChI=1S/C19H24N4O4S2/c1-22-10-6-7-16(22)19(25)21-17(24)14-28-18-9-8-15(13-20-18)29(26,27)23-11-4-2-3-5-12-23/h6-10,13H,2-5,11-12,14H2,1H3,(H,21,24,25). The van der Waals surface area contributed by atoms with Crippen molar-refractivity contribution in [2.24, 2.45) is 7.05 Å². The normalized spacial score (nSPS) is 15.6. The maximum Gasteiger partial charge on any atom is 0.274 e. The van der Waals surface area contributed by atoms with Gasteiger partial charge in [0.2, 0.25) is 15.9 Å². The lowest BCUT2D eigenvalue weighted by atomic mass is 10.2. The number of thioether (sulfide) groups is 1. The fraction of sp³-hybridized carbons (Fsp3) is 0.421. The molecule has 2 aromatic rings. The van der Waals surface area contributed by atoms with E-state index in [9.17, 15) is 18.0 Å². The number of rotatable bonds is 6. The summed E-state index contributed by atoms with van der Waals surface area (Å²) in [6.07, 6.45) is 6.90. The summed E-state index contributed by atoms with van der Waals surface area (Å²) >= 11 is 1.14. The van der Waals surface area contributed by atoms with Gasteiger partial charge in [-0.05, 0) is 37.1 Å². The number of nitrogens with zero attached hydrogens (tertiary/aromatic N) is 3. The van der Waals surface area contributed by atoms with Gasteiger partial charge in [0.15, 0.2) is 0 Å². The van der Waals surface area contributed by atoms with Crippen LogP contribution in [0.2, 0.25) is 0 Å². The van der Waals surface area contributed by atoms with E-state index in [1.165, 1.54) is 16.6 Å². The molecule has 3 rings (SSSR count). The van der Waals surface area contributed by atoms with E-state index in [1.54, 1.807) is 36.0 Å². The Morgan fingerprint density at radius 3 is 2.45 bits per heavy atom. The van der Waals surface area contributed by atoms with Crippen molar-refractivity contribution in [1.29, 1.82) is 0 Å². The van der Waals surface area contributed by atoms with Gasteiger partial charge in [0.1, 0.15) is 10.6 Å². The van der Waals surface area contributed by atoms with Gasteiger partial charge in [-0.2, -0.15) is 4.31 Å². The van der Waals surface area contributed by atoms with Crippen LogP contribution in [-0.2, 0) is 21.9 Å². The van der Waals surface area contributed by atoms with Crippen LogP contribution in [0.3, 0.4) is 0 Å². The number of hydrogen-bond donors (Lipinski definition) is 1. The van der Waals surface area contributed by atoms with Crippen molar-refractivity contribution in [2.45, 2.75) is 35.6 Å². The van der Waals surface area contributed by atoms with E-state index in [0.717, 1.165) is 37.4 Å². The number of aromatic nitrogens is 2. The minimum Gasteiger partial charge on any atom is -0.347 e. The topological polar surface area (TPSA) is 101 Å². The fourth-order valence-electron chi connectivity index (χ4n) is 3.10. The summed E-state index contributed by atoms with van der Waals surface area (Å²) in [7, 11) is -1.82. The molecule has 1 aliphatic rings. The van der Waals surface area contributed by atoms with Gasteiger partial charge in [-0.15, -0.1) is 0 Å². The summed E-state index contributed by atoms with van der Waals surface area (Å²) in [4.78, 5) is 28.4. The molecule has 1 N–H and O–H groups in total. The van der Waals surface area contributed by atoms with Gasteiger partial charge < -0.3 is 4.57 Å². The Labute approximate surface area is 174 Å². The molecule has 0 atom stereocenters. The number of sulfonamides is 1. The summed E-state index contributed by atoms with van der Waals surface area (Å²) in [5.41, 5.74) is 0.393. The molecule has 0 radical (unpaired) electrons. The van der Waals surface area contributed by atoms with Crippen LogP contribution < -0.4 is 5.32 Å². The van der Waals surface area contributed by atoms with Gasteiger partial charge in [0, 0.05) is 32.5 Å². The van der Waals surface area contributed by atoms with E-state index >= 15 is 0 Å². The molecule has 0 bridgehead atoms. The van der Waals surface area contributed by atoms with Gasteiger partial charge in [-0.25, -0.2) is 13.4 Å². The predicted molar refractivity (Wildman–Crippen MR) is 110 cm³/mol. The van der Waals surface area contributed by atoms with E-state index < -0.39 is 21.8 Å². The third-order valence-electron chi connectivity index (χ3n) is 4.69. The molecule has 1 aliphatic heterocycles. The Morgan fingerprint density at radius 2 is 1.86 bits per heavy atom. The van der Waals surface area contributed by atoms with Gasteiger partial charge in [0.25, 0.3) is 5.91 Å². The van der Waals surface area contributed by atoms with Gasteiger partial charge in [-0.3, -0.25) is 14.9 Å². The second-order valence-corrected chi connectivity index (χ2v) is 9.75. The number of pyridine rings is 1. The Bertz CT molecular complexity index is 962. The summed E-state index contributed by atoms with van der Waals surface area (Å²) in [6, 6.07) is 6.45. The minimum atomic E-state index is -3.54. The predicted octanol–water partition coefficient (Wildman–Crippen LogP) is 2.03. The Morgan fingerprint density at radius 1 is 1.14 bits per heavy atom. The van der Waals surface area contributed by atoms with Crippen LogP contribution in [-0.4, -0.2) is 52.9 Å². The van der Waals surface area contributed by atoms with Crippen LogP contribution in [0.1, 0.15) is 36.2 Å². The molecule has 1 saturated heterocycles. The SMILES string of the molecule is Cn1cccc1C(=O)NC(=O)CSc1ccc(S(=O)(=O)N2CCCCCC2)cn1. The van der Waals surface area contributed by atoms with Crippen LogP contribution in [0.15, 0.2) is 46.6 Å². The molecule has 2 amide bonds. The van der Waals surface area contributed by atoms with Crippen LogP contribution in [0.4, 0.5) is 0 Å². The van der Waals surface area contributed by atoms with E-state index in [0.29, 0.717) is 23.8 Å². The number of carbonyl (C=O) groups is 2. The van der Waals surface area contributed by atoms with Crippen LogP contribution in [0, 0.1) is 0 Å². The summed E-state index contributed by atoms with van der Waals surface area (Å²) < 4.78 is 28.7. The first-order valence-corrected chi connectivity index (χ1v) is 11.8. The first kappa shape index (κ1) is 21.5. The highest BCUT2D eigenvalue weighted by Crippen LogP contribution is 2.22. The molecular weight excluding hydrogens is 412 g/mol. The molecule has 8 nitrogen and oxygen atoms in total. The highest BCUT2D eigenvalue weighted by molar-refractivity contribution is 7.99. The van der Waals surface area contributed by atoms with Crippen LogP contribution in [0.25, 0.3) is 0 Å². The van der Waals surface area contributed by atoms with Gasteiger partial charge in [0.05, 0.1) is 10.8 Å². The molecule has 156 valence electrons. The van der Waals surface area contributed by atoms with Crippen molar-refractivity contribution in [1.82, 2.24) is 19.2 Å². The zero-order valence-corrected chi connectivity index (χ0v) is 17.8. The van der Waals surface area contributed by atoms with Crippen molar-refractivity contribution in [3.8, 4) is 0 Å². The van der Waals surface area contributed by atoms with E-state index in [4.69, 9.17) is 0 Å². The molecule has 10 heteroatoms. The van der Waals surface area contributed by atoms with Crippen molar-refractivity contribution in [3.63, 3.8) is 0 Å². The summed E-state index contributed by atoms with van der Waals surface area (Å²) in [6.45, 7) is 1.07. The second kappa shape index (κ2) is 9.55. The van der Waals surface area contributed by atoms with Crippen molar-refractivity contribution in [3.05, 3.63) is 42.4 Å². The maximum atomic E-state index is 12.8. The number of nitrogens with one attached hydrogen (secondary N) is 1. The van der Waals surface area contributed by atoms with Crippen LogP contribution in [0.5, 0.6) is 0 Å². The van der Waals surface area contributed by atoms with Crippen molar-refractivity contribution >= 4 is 33.6 Å². The number of hydrogen-bond acceptors (Lipinski definition) is 6. The largest absolute Gasteiger partial charge is 0.347 e. The smallest absolute Gasteiger partial charge is 0.274 e. The minimum absolute atomic E-state index is 0.00137. The Balaban J connectivity index is 1.55. The van der Waals surface area contributed by atoms with Crippen molar-refractivity contribution in [2.75, 3.05) is 18.8 Å². The summed E-state index contributed by atoms with van der Waals surface area (Å²) in [5.74, 6) is -0.902. The molecule has 29 heavy (non-hydrogen) atoms. The van der Waals surface area contributed by atoms with Gasteiger partial charge >= 0.3 is 0 Å². The van der Waals surface area contributed by atoms with E-state index in [-0.39, 0.29) is 10.6 Å². The number of amides is 2. The lowest BCUT2D eigenvalue weighted by Crippen LogP contribution is -2.33. The Hall–Kier alpha value is -2.17. The molecule has 0 aliphatic carbocycles. The van der Waals surface area contributed by atoms with Crippen LogP contribution >= 0.6 is 11.8 Å². The molecule has 0 unspecified atom stereocenters. The summed E-state index contributed by atoms with van der Waals surface area (Å²) in [5, 5.41) is 2.84. The first-order chi connectivity index (χ1) is 13.9. The highest BCUT2D eigenvalue weighted by Gasteiger charge is 2.25. The molecule has 0 spiro atoms. The zero-order chi connectivity index (χ0) is 20.9. The van der Waals surface area contributed by atoms with Crippen molar-refractivity contribution < 1.29 is 18.0 Å². The molecule has 1 fully saturated rings. The molecule has 0 saturated carbocycles.